The summed E-state index contributed by atoms with van der Waals surface area (Å²) in [7, 11) is -3.73. The lowest BCUT2D eigenvalue weighted by Gasteiger charge is -2.38. The van der Waals surface area contributed by atoms with E-state index < -0.39 is 10.0 Å². The number of nitrogens with one attached hydrogen (secondary N) is 2. The fraction of sp³-hybridized carbons (Fsp3) is 0.522. The first kappa shape index (κ1) is 22.2. The fourth-order valence-corrected chi connectivity index (χ4v) is 6.06. The van der Waals surface area contributed by atoms with Gasteiger partial charge in [0.05, 0.1) is 22.3 Å². The monoisotopic (exact) mass is 470 g/mol. The standard InChI is InChI=1S/C23H30N6O3S/c1-13-11-29(12-14(2)25-13)19-9-17(33(30,31)28-23(5)6-7-23)8-18-21(19)26-15(3)27-22(18)20-10-24-16(4)32-20/h8-10,13-14,25,28H,6-7,11-12H2,1-5H3/t13-,14-/m0/s1. The summed E-state index contributed by atoms with van der Waals surface area (Å²) in [4.78, 5) is 16.0. The molecule has 5 rings (SSSR count). The van der Waals surface area contributed by atoms with Crippen LogP contribution in [0.5, 0.6) is 0 Å². The van der Waals surface area contributed by atoms with Crippen molar-refractivity contribution in [3.05, 3.63) is 30.0 Å². The Bertz CT molecular complexity index is 1320. The maximum atomic E-state index is 13.4. The van der Waals surface area contributed by atoms with Crippen LogP contribution in [0.25, 0.3) is 22.4 Å². The number of anilines is 1. The van der Waals surface area contributed by atoms with Gasteiger partial charge in [0.25, 0.3) is 0 Å². The molecule has 10 heteroatoms. The second-order valence-corrected chi connectivity index (χ2v) is 11.4. The molecule has 0 spiro atoms. The second kappa shape index (κ2) is 7.75. The Kier molecular flexibility index (Phi) is 5.22. The van der Waals surface area contributed by atoms with Gasteiger partial charge in [0.1, 0.15) is 11.5 Å². The molecule has 2 aliphatic rings. The largest absolute Gasteiger partial charge is 0.439 e. The Labute approximate surface area is 194 Å². The molecule has 2 aromatic heterocycles. The van der Waals surface area contributed by atoms with Crippen LogP contribution in [-0.2, 0) is 10.0 Å². The van der Waals surface area contributed by atoms with Crippen LogP contribution in [0, 0.1) is 13.8 Å². The van der Waals surface area contributed by atoms with E-state index in [9.17, 15) is 8.42 Å². The molecule has 0 amide bonds. The van der Waals surface area contributed by atoms with Crippen molar-refractivity contribution in [2.75, 3.05) is 18.0 Å². The second-order valence-electron chi connectivity index (χ2n) is 9.74. The number of piperazine rings is 1. The number of hydrogen-bond acceptors (Lipinski definition) is 8. The van der Waals surface area contributed by atoms with Crippen molar-refractivity contribution in [3.63, 3.8) is 0 Å². The van der Waals surface area contributed by atoms with Crippen LogP contribution < -0.4 is 14.9 Å². The highest BCUT2D eigenvalue weighted by molar-refractivity contribution is 7.89. The Morgan fingerprint density at radius 3 is 2.45 bits per heavy atom. The zero-order chi connectivity index (χ0) is 23.5. The molecular weight excluding hydrogens is 440 g/mol. The maximum absolute atomic E-state index is 13.4. The molecule has 0 radical (unpaired) electrons. The van der Waals surface area contributed by atoms with Crippen LogP contribution in [-0.4, -0.2) is 54.1 Å². The van der Waals surface area contributed by atoms with Crippen LogP contribution in [0.4, 0.5) is 5.69 Å². The molecule has 3 aromatic rings. The molecule has 9 nitrogen and oxygen atoms in total. The van der Waals surface area contributed by atoms with Crippen molar-refractivity contribution < 1.29 is 12.8 Å². The Morgan fingerprint density at radius 1 is 1.15 bits per heavy atom. The number of sulfonamides is 1. The third-order valence-corrected chi connectivity index (χ3v) is 7.93. The van der Waals surface area contributed by atoms with Crippen LogP contribution in [0.2, 0.25) is 0 Å². The average Bonchev–Trinajstić information content (AvgIpc) is 3.27. The lowest BCUT2D eigenvalue weighted by atomic mass is 10.1. The van der Waals surface area contributed by atoms with Gasteiger partial charge in [0.15, 0.2) is 11.7 Å². The van der Waals surface area contributed by atoms with Crippen molar-refractivity contribution >= 4 is 26.6 Å². The summed E-state index contributed by atoms with van der Waals surface area (Å²) in [5.41, 5.74) is 1.67. The van der Waals surface area contributed by atoms with E-state index in [0.717, 1.165) is 31.6 Å². The third-order valence-electron chi connectivity index (χ3n) is 6.31. The van der Waals surface area contributed by atoms with Gasteiger partial charge in [-0.1, -0.05) is 0 Å². The van der Waals surface area contributed by atoms with Crippen molar-refractivity contribution in [2.45, 2.75) is 70.0 Å². The van der Waals surface area contributed by atoms with Crippen LogP contribution in [0.15, 0.2) is 27.6 Å². The Hall–Kier alpha value is -2.56. The minimum Gasteiger partial charge on any atom is -0.439 e. The van der Waals surface area contributed by atoms with E-state index in [1.807, 2.05) is 13.8 Å². The highest BCUT2D eigenvalue weighted by atomic mass is 32.2. The van der Waals surface area contributed by atoms with Gasteiger partial charge in [-0.15, -0.1) is 0 Å². The molecule has 1 saturated heterocycles. The number of oxazole rings is 1. The molecule has 3 heterocycles. The topological polar surface area (TPSA) is 113 Å². The summed E-state index contributed by atoms with van der Waals surface area (Å²) in [6.45, 7) is 11.3. The zero-order valence-electron chi connectivity index (χ0n) is 19.6. The Morgan fingerprint density at radius 2 is 1.85 bits per heavy atom. The molecule has 0 bridgehead atoms. The van der Waals surface area contributed by atoms with E-state index in [2.05, 4.69) is 38.8 Å². The molecule has 2 fully saturated rings. The molecule has 1 aromatic carbocycles. The number of aryl methyl sites for hydroxylation is 2. The number of aromatic nitrogens is 3. The number of nitrogens with zero attached hydrogens (tertiary/aromatic N) is 4. The molecule has 33 heavy (non-hydrogen) atoms. The zero-order valence-corrected chi connectivity index (χ0v) is 20.5. The van der Waals surface area contributed by atoms with Crippen LogP contribution in [0.1, 0.15) is 45.3 Å². The average molecular weight is 471 g/mol. The predicted octanol–water partition coefficient (Wildman–Crippen LogP) is 2.92. The third kappa shape index (κ3) is 4.34. The van der Waals surface area contributed by atoms with Crippen molar-refractivity contribution in [1.29, 1.82) is 0 Å². The van der Waals surface area contributed by atoms with Crippen molar-refractivity contribution in [1.82, 2.24) is 25.0 Å². The summed E-state index contributed by atoms with van der Waals surface area (Å²) >= 11 is 0. The molecule has 2 N–H and O–H groups in total. The maximum Gasteiger partial charge on any atom is 0.241 e. The molecule has 0 unspecified atom stereocenters. The smallest absolute Gasteiger partial charge is 0.241 e. The number of rotatable bonds is 5. The molecular formula is C23H30N6O3S. The lowest BCUT2D eigenvalue weighted by molar-refractivity contribution is 0.407. The van der Waals surface area contributed by atoms with E-state index >= 15 is 0 Å². The fourth-order valence-electron chi connectivity index (χ4n) is 4.55. The van der Waals surface area contributed by atoms with Crippen LogP contribution in [0.3, 0.4) is 0 Å². The van der Waals surface area contributed by atoms with Gasteiger partial charge in [-0.25, -0.2) is 28.1 Å². The number of benzene rings is 1. The quantitative estimate of drug-likeness (QED) is 0.585. The highest BCUT2D eigenvalue weighted by Crippen LogP contribution is 2.39. The SMILES string of the molecule is Cc1nc(-c2cnc(C)o2)c2cc(S(=O)(=O)NC3(C)CC3)cc(N3C[C@H](C)N[C@@H](C)C3)c2n1. The van der Waals surface area contributed by atoms with Gasteiger partial charge in [0, 0.05) is 43.0 Å². The Balaban J connectivity index is 1.75. The molecule has 1 saturated carbocycles. The number of fused-ring (bicyclic) bond motifs is 1. The summed E-state index contributed by atoms with van der Waals surface area (Å²) in [5, 5.41) is 4.17. The van der Waals surface area contributed by atoms with Crippen LogP contribution >= 0.6 is 0 Å². The first-order chi connectivity index (χ1) is 15.5. The van der Waals surface area contributed by atoms with Gasteiger partial charge in [-0.05, 0) is 52.7 Å². The summed E-state index contributed by atoms with van der Waals surface area (Å²) in [5.74, 6) is 1.60. The normalized spacial score (nSPS) is 22.6. The predicted molar refractivity (Wildman–Crippen MR) is 127 cm³/mol. The van der Waals surface area contributed by atoms with E-state index in [1.165, 1.54) is 0 Å². The summed E-state index contributed by atoms with van der Waals surface area (Å²) in [6, 6.07) is 3.93. The lowest BCUT2D eigenvalue weighted by Crippen LogP contribution is -2.54. The van der Waals surface area contributed by atoms with Gasteiger partial charge < -0.3 is 14.6 Å². The molecule has 176 valence electrons. The van der Waals surface area contributed by atoms with Crippen molar-refractivity contribution in [2.24, 2.45) is 0 Å². The first-order valence-corrected chi connectivity index (χ1v) is 12.8. The van der Waals surface area contributed by atoms with Gasteiger partial charge in [-0.3, -0.25) is 0 Å². The molecule has 1 aliphatic heterocycles. The summed E-state index contributed by atoms with van der Waals surface area (Å²) in [6.07, 6.45) is 3.30. The molecule has 2 atom stereocenters. The van der Waals surface area contributed by atoms with E-state index in [0.29, 0.717) is 34.1 Å². The minimum atomic E-state index is -3.73. The minimum absolute atomic E-state index is 0.210. The molecule has 1 aliphatic carbocycles. The first-order valence-electron chi connectivity index (χ1n) is 11.3. The van der Waals surface area contributed by atoms with Gasteiger partial charge in [0.2, 0.25) is 10.0 Å². The number of hydrogen-bond donors (Lipinski definition) is 2. The highest BCUT2D eigenvalue weighted by Gasteiger charge is 2.41. The van der Waals surface area contributed by atoms with Crippen molar-refractivity contribution in [3.8, 4) is 11.5 Å². The van der Waals surface area contributed by atoms with E-state index in [4.69, 9.17) is 9.40 Å². The van der Waals surface area contributed by atoms with E-state index in [1.54, 1.807) is 25.3 Å². The van der Waals surface area contributed by atoms with Gasteiger partial charge >= 0.3 is 0 Å². The van der Waals surface area contributed by atoms with Gasteiger partial charge in [-0.2, -0.15) is 0 Å². The van der Waals surface area contributed by atoms with E-state index in [-0.39, 0.29) is 22.5 Å². The summed E-state index contributed by atoms with van der Waals surface area (Å²) < 4.78 is 35.4.